The summed E-state index contributed by atoms with van der Waals surface area (Å²) in [6, 6.07) is 13.5. The second-order valence-corrected chi connectivity index (χ2v) is 4.41. The minimum Gasteiger partial charge on any atom is -0.318 e. The molecule has 1 aromatic carbocycles. The zero-order valence-corrected chi connectivity index (χ0v) is 10.6. The number of rotatable bonds is 3. The highest BCUT2D eigenvalue weighted by molar-refractivity contribution is 5.31. The smallest absolute Gasteiger partial charge is 0.0937 e. The van der Waals surface area contributed by atoms with Gasteiger partial charge in [-0.2, -0.15) is 10.2 Å². The Labute approximate surface area is 111 Å². The first-order valence-electron chi connectivity index (χ1n) is 6.10. The maximum Gasteiger partial charge on any atom is 0.0937 e. The Hall–Kier alpha value is -2.40. The molecule has 0 saturated heterocycles. The van der Waals surface area contributed by atoms with Crippen molar-refractivity contribution in [3.8, 4) is 5.69 Å². The lowest BCUT2D eigenvalue weighted by atomic mass is 10.1. The monoisotopic (exact) mass is 253 g/mol. The van der Waals surface area contributed by atoms with Crippen molar-refractivity contribution in [1.82, 2.24) is 19.6 Å². The molecule has 0 aliphatic carbocycles. The molecule has 0 spiro atoms. The molecule has 3 rings (SSSR count). The maximum absolute atomic E-state index is 6.17. The minimum absolute atomic E-state index is 0.300. The van der Waals surface area contributed by atoms with Gasteiger partial charge in [0.15, 0.2) is 0 Å². The van der Waals surface area contributed by atoms with Gasteiger partial charge in [0.25, 0.3) is 0 Å². The summed E-state index contributed by atoms with van der Waals surface area (Å²) >= 11 is 0. The van der Waals surface area contributed by atoms with Gasteiger partial charge in [0.1, 0.15) is 0 Å². The summed E-state index contributed by atoms with van der Waals surface area (Å²) in [5.74, 6) is 0. The SMILES string of the molecule is Cn1ccc(C(N)c2ccn(-c3ccccc3)n2)n1. The number of para-hydroxylation sites is 1. The molecule has 0 aliphatic rings. The van der Waals surface area contributed by atoms with Gasteiger partial charge in [0.2, 0.25) is 0 Å². The Morgan fingerprint density at radius 1 is 0.947 bits per heavy atom. The molecule has 0 aliphatic heterocycles. The molecule has 19 heavy (non-hydrogen) atoms. The van der Waals surface area contributed by atoms with E-state index in [0.717, 1.165) is 17.1 Å². The molecule has 2 N–H and O–H groups in total. The molecule has 0 radical (unpaired) electrons. The molecule has 0 bridgehead atoms. The van der Waals surface area contributed by atoms with Gasteiger partial charge in [-0.3, -0.25) is 4.68 Å². The van der Waals surface area contributed by atoms with Gasteiger partial charge >= 0.3 is 0 Å². The Morgan fingerprint density at radius 2 is 1.63 bits per heavy atom. The standard InChI is InChI=1S/C14H15N5/c1-18-9-7-12(16-18)14(15)13-8-10-19(17-13)11-5-3-2-4-6-11/h2-10,14H,15H2,1H3. The van der Waals surface area contributed by atoms with Crippen LogP contribution in [0.5, 0.6) is 0 Å². The molecular formula is C14H15N5. The highest BCUT2D eigenvalue weighted by Crippen LogP contribution is 2.17. The third-order valence-corrected chi connectivity index (χ3v) is 3.00. The van der Waals surface area contributed by atoms with E-state index in [0.29, 0.717) is 0 Å². The topological polar surface area (TPSA) is 61.7 Å². The van der Waals surface area contributed by atoms with Gasteiger partial charge < -0.3 is 5.73 Å². The third kappa shape index (κ3) is 2.28. The van der Waals surface area contributed by atoms with Crippen LogP contribution in [0.2, 0.25) is 0 Å². The molecule has 5 nitrogen and oxygen atoms in total. The van der Waals surface area contributed by atoms with E-state index in [1.54, 1.807) is 4.68 Å². The zero-order valence-electron chi connectivity index (χ0n) is 10.6. The van der Waals surface area contributed by atoms with Gasteiger partial charge in [0, 0.05) is 19.4 Å². The first kappa shape index (κ1) is 11.7. The van der Waals surface area contributed by atoms with Crippen LogP contribution in [0.15, 0.2) is 54.9 Å². The minimum atomic E-state index is -0.300. The molecule has 2 heterocycles. The summed E-state index contributed by atoms with van der Waals surface area (Å²) < 4.78 is 3.56. The number of nitrogens with zero attached hydrogens (tertiary/aromatic N) is 4. The van der Waals surface area contributed by atoms with E-state index in [4.69, 9.17) is 5.73 Å². The normalized spacial score (nSPS) is 12.5. The maximum atomic E-state index is 6.17. The van der Waals surface area contributed by atoms with Crippen LogP contribution >= 0.6 is 0 Å². The lowest BCUT2D eigenvalue weighted by Gasteiger charge is -2.05. The summed E-state index contributed by atoms with van der Waals surface area (Å²) in [7, 11) is 1.87. The van der Waals surface area contributed by atoms with Crippen LogP contribution < -0.4 is 5.73 Å². The highest BCUT2D eigenvalue weighted by atomic mass is 15.3. The molecule has 5 heteroatoms. The number of nitrogens with two attached hydrogens (primary N) is 1. The van der Waals surface area contributed by atoms with E-state index in [2.05, 4.69) is 10.2 Å². The van der Waals surface area contributed by atoms with Crippen molar-refractivity contribution in [3.63, 3.8) is 0 Å². The molecule has 3 aromatic rings. The van der Waals surface area contributed by atoms with Gasteiger partial charge in [-0.15, -0.1) is 0 Å². The molecule has 1 unspecified atom stereocenters. The van der Waals surface area contributed by atoms with Gasteiger partial charge in [-0.05, 0) is 24.3 Å². The molecular weight excluding hydrogens is 238 g/mol. The Kier molecular flexibility index (Phi) is 2.89. The molecule has 0 amide bonds. The van der Waals surface area contributed by atoms with Crippen molar-refractivity contribution in [2.45, 2.75) is 6.04 Å². The number of aryl methyl sites for hydroxylation is 1. The van der Waals surface area contributed by atoms with Crippen molar-refractivity contribution >= 4 is 0 Å². The predicted octanol–water partition coefficient (Wildman–Crippen LogP) is 1.65. The van der Waals surface area contributed by atoms with Crippen molar-refractivity contribution in [2.24, 2.45) is 12.8 Å². The van der Waals surface area contributed by atoms with Gasteiger partial charge in [-0.1, -0.05) is 18.2 Å². The number of hydrogen-bond donors (Lipinski definition) is 1. The summed E-state index contributed by atoms with van der Waals surface area (Å²) in [4.78, 5) is 0. The number of hydrogen-bond acceptors (Lipinski definition) is 3. The van der Waals surface area contributed by atoms with Crippen molar-refractivity contribution in [1.29, 1.82) is 0 Å². The van der Waals surface area contributed by atoms with E-state index >= 15 is 0 Å². The molecule has 0 fully saturated rings. The molecule has 1 atom stereocenters. The van der Waals surface area contributed by atoms with Crippen LogP contribution in [0.3, 0.4) is 0 Å². The fraction of sp³-hybridized carbons (Fsp3) is 0.143. The van der Waals surface area contributed by atoms with E-state index < -0.39 is 0 Å². The Morgan fingerprint density at radius 3 is 2.32 bits per heavy atom. The fourth-order valence-electron chi connectivity index (χ4n) is 1.98. The Balaban J connectivity index is 1.89. The molecule has 96 valence electrons. The molecule has 0 saturated carbocycles. The second kappa shape index (κ2) is 4.70. The first-order valence-corrected chi connectivity index (χ1v) is 6.10. The van der Waals surface area contributed by atoms with E-state index in [9.17, 15) is 0 Å². The highest BCUT2D eigenvalue weighted by Gasteiger charge is 2.14. The average Bonchev–Trinajstić information content (AvgIpc) is 3.08. The fourth-order valence-corrected chi connectivity index (χ4v) is 1.98. The van der Waals surface area contributed by atoms with Gasteiger partial charge in [0.05, 0.1) is 23.1 Å². The van der Waals surface area contributed by atoms with E-state index in [-0.39, 0.29) is 6.04 Å². The van der Waals surface area contributed by atoms with Crippen LogP contribution in [0.1, 0.15) is 17.4 Å². The second-order valence-electron chi connectivity index (χ2n) is 4.41. The number of aromatic nitrogens is 4. The summed E-state index contributed by atoms with van der Waals surface area (Å²) in [6.45, 7) is 0. The van der Waals surface area contributed by atoms with Crippen LogP contribution in [0.25, 0.3) is 5.69 Å². The molecule has 2 aromatic heterocycles. The Bertz CT molecular complexity index is 668. The predicted molar refractivity (Wildman–Crippen MR) is 72.8 cm³/mol. The third-order valence-electron chi connectivity index (χ3n) is 3.00. The number of benzene rings is 1. The van der Waals surface area contributed by atoms with Crippen LogP contribution in [-0.2, 0) is 7.05 Å². The van der Waals surface area contributed by atoms with Crippen LogP contribution in [0.4, 0.5) is 0 Å². The van der Waals surface area contributed by atoms with E-state index in [1.165, 1.54) is 0 Å². The average molecular weight is 253 g/mol. The lowest BCUT2D eigenvalue weighted by molar-refractivity contribution is 0.697. The van der Waals surface area contributed by atoms with Gasteiger partial charge in [-0.25, -0.2) is 4.68 Å². The van der Waals surface area contributed by atoms with Crippen molar-refractivity contribution in [2.75, 3.05) is 0 Å². The van der Waals surface area contributed by atoms with Crippen LogP contribution in [-0.4, -0.2) is 19.6 Å². The van der Waals surface area contributed by atoms with E-state index in [1.807, 2.05) is 66.6 Å². The lowest BCUT2D eigenvalue weighted by Crippen LogP contribution is -2.14. The summed E-state index contributed by atoms with van der Waals surface area (Å²) in [5.41, 5.74) is 8.81. The zero-order chi connectivity index (χ0) is 13.2. The summed E-state index contributed by atoms with van der Waals surface area (Å²) in [6.07, 6.45) is 3.79. The van der Waals surface area contributed by atoms with Crippen molar-refractivity contribution < 1.29 is 0 Å². The quantitative estimate of drug-likeness (QED) is 0.772. The summed E-state index contributed by atoms with van der Waals surface area (Å²) in [5, 5.41) is 8.82. The van der Waals surface area contributed by atoms with Crippen LogP contribution in [0, 0.1) is 0 Å². The largest absolute Gasteiger partial charge is 0.318 e. The first-order chi connectivity index (χ1) is 9.24. The van der Waals surface area contributed by atoms with Crippen molar-refractivity contribution in [3.05, 3.63) is 66.2 Å².